The summed E-state index contributed by atoms with van der Waals surface area (Å²) in [6.07, 6.45) is 3.43. The highest BCUT2D eigenvalue weighted by Crippen LogP contribution is 2.28. The number of aryl methyl sites for hydroxylation is 1. The number of nitrogens with zero attached hydrogens (tertiary/aromatic N) is 4. The fourth-order valence-electron chi connectivity index (χ4n) is 2.65. The van der Waals surface area contributed by atoms with Gasteiger partial charge in [-0.15, -0.1) is 0 Å². The van der Waals surface area contributed by atoms with Crippen molar-refractivity contribution >= 4 is 28.8 Å². The van der Waals surface area contributed by atoms with Crippen LogP contribution in [0.3, 0.4) is 0 Å². The molecule has 0 unspecified atom stereocenters. The molecule has 0 radical (unpaired) electrons. The average molecular weight is 294 g/mol. The molecule has 110 valence electrons. The van der Waals surface area contributed by atoms with Gasteiger partial charge in [-0.05, 0) is 30.7 Å². The molecule has 0 atom stereocenters. The number of oxazole rings is 1. The molecule has 1 aliphatic heterocycles. The summed E-state index contributed by atoms with van der Waals surface area (Å²) in [5.74, 6) is 0. The lowest BCUT2D eigenvalue weighted by Gasteiger charge is -2.17. The molecule has 1 aliphatic rings. The zero-order chi connectivity index (χ0) is 15.1. The Kier molecular flexibility index (Phi) is 2.82. The molecule has 22 heavy (non-hydrogen) atoms. The Morgan fingerprint density at radius 1 is 1.14 bits per heavy atom. The summed E-state index contributed by atoms with van der Waals surface area (Å²) in [5, 5.41) is 0. The lowest BCUT2D eigenvalue weighted by atomic mass is 10.2. The zero-order valence-corrected chi connectivity index (χ0v) is 12.1. The van der Waals surface area contributed by atoms with Crippen LogP contribution in [0, 0.1) is 6.92 Å². The van der Waals surface area contributed by atoms with E-state index in [1.165, 1.54) is 0 Å². The molecule has 1 saturated heterocycles. The zero-order valence-electron chi connectivity index (χ0n) is 12.1. The minimum atomic E-state index is -0.136. The van der Waals surface area contributed by atoms with E-state index in [0.29, 0.717) is 24.7 Å². The van der Waals surface area contributed by atoms with Gasteiger partial charge in [0.2, 0.25) is 0 Å². The third kappa shape index (κ3) is 1.92. The second-order valence-corrected chi connectivity index (χ2v) is 5.21. The lowest BCUT2D eigenvalue weighted by molar-refractivity contribution is 0.255. The maximum absolute atomic E-state index is 12.7. The predicted molar refractivity (Wildman–Crippen MR) is 83.1 cm³/mol. The topological polar surface area (TPSA) is 62.5 Å². The first-order valence-electron chi connectivity index (χ1n) is 7.09. The molecule has 6 heteroatoms. The molecule has 3 aromatic rings. The highest BCUT2D eigenvalue weighted by atomic mass is 16.4. The van der Waals surface area contributed by atoms with E-state index >= 15 is 0 Å². The number of para-hydroxylation sites is 2. The molecule has 4 rings (SSSR count). The molecule has 6 nitrogen and oxygen atoms in total. The van der Waals surface area contributed by atoms with E-state index in [0.717, 1.165) is 16.8 Å². The van der Waals surface area contributed by atoms with Crippen LogP contribution in [0.2, 0.25) is 0 Å². The number of urea groups is 1. The number of hydrogen-bond donors (Lipinski definition) is 0. The summed E-state index contributed by atoms with van der Waals surface area (Å²) in [6, 6.07) is 9.59. The first kappa shape index (κ1) is 12.8. The Bertz CT molecular complexity index is 825. The van der Waals surface area contributed by atoms with Crippen LogP contribution < -0.4 is 9.80 Å². The van der Waals surface area contributed by atoms with E-state index in [-0.39, 0.29) is 6.03 Å². The van der Waals surface area contributed by atoms with Crippen molar-refractivity contribution in [2.45, 2.75) is 6.92 Å². The molecule has 0 N–H and O–H groups in total. The largest absolute Gasteiger partial charge is 0.423 e. The summed E-state index contributed by atoms with van der Waals surface area (Å²) in [7, 11) is 0. The number of fused-ring (bicyclic) bond motifs is 1. The van der Waals surface area contributed by atoms with Gasteiger partial charge in [-0.2, -0.15) is 4.98 Å². The Balaban J connectivity index is 1.68. The second-order valence-electron chi connectivity index (χ2n) is 5.21. The second kappa shape index (κ2) is 4.84. The van der Waals surface area contributed by atoms with Crippen molar-refractivity contribution in [1.29, 1.82) is 0 Å². The number of anilines is 2. The smallest absolute Gasteiger partial charge is 0.332 e. The summed E-state index contributed by atoms with van der Waals surface area (Å²) in [5.41, 5.74) is 3.27. The van der Waals surface area contributed by atoms with Crippen molar-refractivity contribution in [3.05, 3.63) is 48.3 Å². The maximum atomic E-state index is 12.7. The van der Waals surface area contributed by atoms with Gasteiger partial charge in [0.25, 0.3) is 0 Å². The molecule has 0 spiro atoms. The number of carbonyl (C=O) groups is 1. The van der Waals surface area contributed by atoms with Crippen molar-refractivity contribution in [1.82, 2.24) is 9.97 Å². The highest BCUT2D eigenvalue weighted by molar-refractivity contribution is 6.05. The normalized spacial score (nSPS) is 15.0. The number of carbonyl (C=O) groups excluding carboxylic acids is 1. The van der Waals surface area contributed by atoms with Crippen molar-refractivity contribution in [2.75, 3.05) is 22.9 Å². The number of amides is 2. The number of pyridine rings is 1. The van der Waals surface area contributed by atoms with Crippen molar-refractivity contribution < 1.29 is 9.21 Å². The Hall–Kier alpha value is -2.89. The molecular formula is C16H14N4O2. The summed E-state index contributed by atoms with van der Waals surface area (Å²) in [6.45, 7) is 3.09. The first-order valence-corrected chi connectivity index (χ1v) is 7.09. The van der Waals surface area contributed by atoms with Crippen LogP contribution in [-0.4, -0.2) is 29.1 Å². The Morgan fingerprint density at radius 3 is 2.77 bits per heavy atom. The van der Waals surface area contributed by atoms with Crippen LogP contribution in [0.25, 0.3) is 11.1 Å². The van der Waals surface area contributed by atoms with Crippen molar-refractivity contribution in [2.24, 2.45) is 0 Å². The maximum Gasteiger partial charge on any atom is 0.332 e. The molecule has 1 aromatic carbocycles. The minimum absolute atomic E-state index is 0.136. The van der Waals surface area contributed by atoms with Gasteiger partial charge in [0.15, 0.2) is 5.58 Å². The molecule has 0 aliphatic carbocycles. The van der Waals surface area contributed by atoms with Crippen LogP contribution in [0.15, 0.2) is 47.1 Å². The molecule has 3 heterocycles. The average Bonchev–Trinajstić information content (AvgIpc) is 3.11. The number of benzene rings is 1. The summed E-state index contributed by atoms with van der Waals surface area (Å²) >= 11 is 0. The third-order valence-corrected chi connectivity index (χ3v) is 3.82. The van der Waals surface area contributed by atoms with Crippen LogP contribution >= 0.6 is 0 Å². The van der Waals surface area contributed by atoms with Gasteiger partial charge in [0.1, 0.15) is 5.52 Å². The quantitative estimate of drug-likeness (QED) is 0.729. The standard InChI is InChI=1S/C16H14N4O2/c1-11-6-7-17-10-13(11)19-8-9-20(16(19)21)15-18-12-4-2-3-5-14(12)22-15/h2-7,10H,8-9H2,1H3. The van der Waals surface area contributed by atoms with Gasteiger partial charge < -0.3 is 4.42 Å². The van der Waals surface area contributed by atoms with E-state index in [4.69, 9.17) is 4.42 Å². The SMILES string of the molecule is Cc1ccncc1N1CCN(c2nc3ccccc3o2)C1=O. The van der Waals surface area contributed by atoms with Gasteiger partial charge >= 0.3 is 12.0 Å². The van der Waals surface area contributed by atoms with Crippen LogP contribution in [-0.2, 0) is 0 Å². The van der Waals surface area contributed by atoms with E-state index < -0.39 is 0 Å². The van der Waals surface area contributed by atoms with Gasteiger partial charge in [-0.3, -0.25) is 9.88 Å². The third-order valence-electron chi connectivity index (χ3n) is 3.82. The minimum Gasteiger partial charge on any atom is -0.423 e. The Labute approximate surface area is 127 Å². The van der Waals surface area contributed by atoms with E-state index in [1.54, 1.807) is 22.2 Å². The van der Waals surface area contributed by atoms with Crippen LogP contribution in [0.4, 0.5) is 16.5 Å². The van der Waals surface area contributed by atoms with Crippen LogP contribution in [0.1, 0.15) is 5.56 Å². The molecule has 1 fully saturated rings. The fraction of sp³-hybridized carbons (Fsp3) is 0.188. The Morgan fingerprint density at radius 2 is 1.95 bits per heavy atom. The molecular weight excluding hydrogens is 280 g/mol. The fourth-order valence-corrected chi connectivity index (χ4v) is 2.65. The summed E-state index contributed by atoms with van der Waals surface area (Å²) in [4.78, 5) is 24.4. The van der Waals surface area contributed by atoms with E-state index in [2.05, 4.69) is 9.97 Å². The van der Waals surface area contributed by atoms with E-state index in [1.807, 2.05) is 37.3 Å². The van der Waals surface area contributed by atoms with E-state index in [9.17, 15) is 4.79 Å². The molecule has 0 saturated carbocycles. The molecule has 0 bridgehead atoms. The van der Waals surface area contributed by atoms with Crippen molar-refractivity contribution in [3.8, 4) is 0 Å². The predicted octanol–water partition coefficient (Wildman–Crippen LogP) is 2.98. The van der Waals surface area contributed by atoms with Gasteiger partial charge in [0.05, 0.1) is 18.4 Å². The van der Waals surface area contributed by atoms with Gasteiger partial charge in [0, 0.05) is 12.7 Å². The van der Waals surface area contributed by atoms with Crippen molar-refractivity contribution in [3.63, 3.8) is 0 Å². The summed E-state index contributed by atoms with van der Waals surface area (Å²) < 4.78 is 5.69. The molecule has 2 aromatic heterocycles. The van der Waals surface area contributed by atoms with Gasteiger partial charge in [-0.25, -0.2) is 9.69 Å². The first-order chi connectivity index (χ1) is 10.7. The highest BCUT2D eigenvalue weighted by Gasteiger charge is 2.34. The number of rotatable bonds is 2. The number of aromatic nitrogens is 2. The van der Waals surface area contributed by atoms with Crippen LogP contribution in [0.5, 0.6) is 0 Å². The monoisotopic (exact) mass is 294 g/mol. The number of hydrogen-bond acceptors (Lipinski definition) is 4. The van der Waals surface area contributed by atoms with Gasteiger partial charge in [-0.1, -0.05) is 12.1 Å². The molecule has 2 amide bonds. The lowest BCUT2D eigenvalue weighted by Crippen LogP contribution is -2.32.